The van der Waals surface area contributed by atoms with Gasteiger partial charge < -0.3 is 4.74 Å². The zero-order valence-electron chi connectivity index (χ0n) is 6.40. The van der Waals surface area contributed by atoms with Crippen molar-refractivity contribution in [2.75, 3.05) is 6.86 Å². The minimum atomic E-state index is -1.01. The van der Waals surface area contributed by atoms with Gasteiger partial charge in [0.15, 0.2) is 0 Å². The SMILES string of the molecule is Cc1ccc(F)c(Cl)c1OCF. The summed E-state index contributed by atoms with van der Waals surface area (Å²) < 4.78 is 29.0. The number of rotatable bonds is 2. The van der Waals surface area contributed by atoms with Gasteiger partial charge in [-0.25, -0.2) is 8.78 Å². The summed E-state index contributed by atoms with van der Waals surface area (Å²) >= 11 is 5.51. The van der Waals surface area contributed by atoms with E-state index < -0.39 is 12.7 Å². The van der Waals surface area contributed by atoms with Crippen molar-refractivity contribution in [1.29, 1.82) is 0 Å². The van der Waals surface area contributed by atoms with Crippen LogP contribution in [0.5, 0.6) is 5.75 Å². The molecule has 0 amide bonds. The van der Waals surface area contributed by atoms with E-state index in [-0.39, 0.29) is 10.8 Å². The molecule has 66 valence electrons. The van der Waals surface area contributed by atoms with Gasteiger partial charge in [0.25, 0.3) is 0 Å². The van der Waals surface area contributed by atoms with Crippen LogP contribution >= 0.6 is 11.6 Å². The van der Waals surface area contributed by atoms with Crippen LogP contribution in [-0.4, -0.2) is 6.86 Å². The molecule has 0 bridgehead atoms. The zero-order chi connectivity index (χ0) is 9.14. The molecule has 0 N–H and O–H groups in total. The summed E-state index contributed by atoms with van der Waals surface area (Å²) in [4.78, 5) is 0. The smallest absolute Gasteiger partial charge is 0.228 e. The molecular formula is C8H7ClF2O. The Morgan fingerprint density at radius 3 is 2.75 bits per heavy atom. The summed E-state index contributed by atoms with van der Waals surface area (Å²) in [6.45, 7) is 0.653. The van der Waals surface area contributed by atoms with Crippen molar-refractivity contribution >= 4 is 11.6 Å². The molecule has 1 aromatic rings. The first-order valence-corrected chi connectivity index (χ1v) is 3.68. The minimum Gasteiger partial charge on any atom is -0.461 e. The quantitative estimate of drug-likeness (QED) is 0.700. The van der Waals surface area contributed by atoms with E-state index in [1.807, 2.05) is 0 Å². The van der Waals surface area contributed by atoms with Crippen LogP contribution in [0, 0.1) is 12.7 Å². The molecule has 0 spiro atoms. The van der Waals surface area contributed by atoms with Gasteiger partial charge in [-0.3, -0.25) is 0 Å². The lowest BCUT2D eigenvalue weighted by Gasteiger charge is -2.07. The lowest BCUT2D eigenvalue weighted by atomic mass is 10.2. The molecule has 1 rings (SSSR count). The highest BCUT2D eigenvalue weighted by Gasteiger charge is 2.09. The van der Waals surface area contributed by atoms with Crippen molar-refractivity contribution < 1.29 is 13.5 Å². The zero-order valence-corrected chi connectivity index (χ0v) is 7.16. The first-order valence-electron chi connectivity index (χ1n) is 3.30. The highest BCUT2D eigenvalue weighted by molar-refractivity contribution is 6.32. The average molecular weight is 193 g/mol. The Bertz CT molecular complexity index is 289. The summed E-state index contributed by atoms with van der Waals surface area (Å²) in [5, 5.41) is -0.173. The molecule has 4 heteroatoms. The largest absolute Gasteiger partial charge is 0.461 e. The molecule has 0 heterocycles. The standard InChI is InChI=1S/C8H7ClF2O/c1-5-2-3-6(11)7(9)8(5)12-4-10/h2-3H,4H2,1H3. The van der Waals surface area contributed by atoms with Crippen molar-refractivity contribution in [3.63, 3.8) is 0 Å². The molecule has 1 aromatic carbocycles. The maximum absolute atomic E-state index is 12.7. The van der Waals surface area contributed by atoms with E-state index in [1.165, 1.54) is 12.1 Å². The fourth-order valence-corrected chi connectivity index (χ4v) is 1.13. The van der Waals surface area contributed by atoms with Gasteiger partial charge in [0.2, 0.25) is 6.86 Å². The van der Waals surface area contributed by atoms with Crippen LogP contribution in [0.2, 0.25) is 5.02 Å². The Balaban J connectivity index is 3.14. The number of benzene rings is 1. The Morgan fingerprint density at radius 2 is 2.17 bits per heavy atom. The van der Waals surface area contributed by atoms with Gasteiger partial charge in [-0.2, -0.15) is 0 Å². The van der Waals surface area contributed by atoms with Crippen molar-refractivity contribution in [3.05, 3.63) is 28.5 Å². The minimum absolute atomic E-state index is 0.0687. The number of halogens is 3. The fraction of sp³-hybridized carbons (Fsp3) is 0.250. The highest BCUT2D eigenvalue weighted by Crippen LogP contribution is 2.30. The summed E-state index contributed by atoms with van der Waals surface area (Å²) in [7, 11) is 0. The second-order valence-corrected chi connectivity index (χ2v) is 2.64. The number of hydrogen-bond donors (Lipinski definition) is 0. The van der Waals surface area contributed by atoms with Gasteiger partial charge in [-0.05, 0) is 18.6 Å². The van der Waals surface area contributed by atoms with E-state index >= 15 is 0 Å². The highest BCUT2D eigenvalue weighted by atomic mass is 35.5. The van der Waals surface area contributed by atoms with Crippen LogP contribution in [0.4, 0.5) is 8.78 Å². The maximum atomic E-state index is 12.7. The molecule has 0 aliphatic heterocycles. The van der Waals surface area contributed by atoms with Crippen LogP contribution in [-0.2, 0) is 0 Å². The van der Waals surface area contributed by atoms with E-state index in [9.17, 15) is 8.78 Å². The Morgan fingerprint density at radius 1 is 1.50 bits per heavy atom. The van der Waals surface area contributed by atoms with Gasteiger partial charge in [-0.1, -0.05) is 17.7 Å². The summed E-state index contributed by atoms with van der Waals surface area (Å²) in [5.41, 5.74) is 0.610. The van der Waals surface area contributed by atoms with Crippen molar-refractivity contribution in [2.24, 2.45) is 0 Å². The van der Waals surface area contributed by atoms with Gasteiger partial charge in [0, 0.05) is 0 Å². The van der Waals surface area contributed by atoms with Crippen LogP contribution in [0.25, 0.3) is 0 Å². The van der Waals surface area contributed by atoms with Crippen LogP contribution in [0.1, 0.15) is 5.56 Å². The second-order valence-electron chi connectivity index (χ2n) is 2.26. The lowest BCUT2D eigenvalue weighted by molar-refractivity contribution is 0.190. The molecule has 0 saturated carbocycles. The topological polar surface area (TPSA) is 9.23 Å². The third-order valence-corrected chi connectivity index (χ3v) is 1.80. The second kappa shape index (κ2) is 3.72. The average Bonchev–Trinajstić information content (AvgIpc) is 2.06. The maximum Gasteiger partial charge on any atom is 0.228 e. The van der Waals surface area contributed by atoms with Crippen LogP contribution in [0.15, 0.2) is 12.1 Å². The van der Waals surface area contributed by atoms with Crippen molar-refractivity contribution in [3.8, 4) is 5.75 Å². The molecule has 0 unspecified atom stereocenters. The summed E-state index contributed by atoms with van der Waals surface area (Å²) in [6.07, 6.45) is 0. The number of aryl methyl sites for hydroxylation is 1. The van der Waals surface area contributed by atoms with E-state index in [2.05, 4.69) is 4.74 Å². The Kier molecular flexibility index (Phi) is 2.87. The van der Waals surface area contributed by atoms with E-state index in [0.717, 1.165) is 0 Å². The molecular weight excluding hydrogens is 186 g/mol. The number of alkyl halides is 1. The van der Waals surface area contributed by atoms with E-state index in [4.69, 9.17) is 11.6 Å². The summed E-state index contributed by atoms with van der Waals surface area (Å²) in [6, 6.07) is 2.69. The third-order valence-electron chi connectivity index (χ3n) is 1.45. The first kappa shape index (κ1) is 9.26. The number of ether oxygens (including phenoxy) is 1. The third kappa shape index (κ3) is 1.67. The van der Waals surface area contributed by atoms with Gasteiger partial charge >= 0.3 is 0 Å². The monoisotopic (exact) mass is 192 g/mol. The molecule has 0 atom stereocenters. The van der Waals surface area contributed by atoms with Gasteiger partial charge in [-0.15, -0.1) is 0 Å². The lowest BCUT2D eigenvalue weighted by Crippen LogP contribution is -1.95. The Hall–Kier alpha value is -0.830. The van der Waals surface area contributed by atoms with Gasteiger partial charge in [0.1, 0.15) is 16.6 Å². The first-order chi connectivity index (χ1) is 5.66. The molecule has 0 saturated heterocycles. The molecule has 1 nitrogen and oxygen atoms in total. The molecule has 0 aliphatic carbocycles. The normalized spacial score (nSPS) is 10.0. The van der Waals surface area contributed by atoms with Crippen LogP contribution < -0.4 is 4.74 Å². The Labute approximate surface area is 73.9 Å². The predicted octanol–water partition coefficient (Wildman–Crippen LogP) is 3.09. The predicted molar refractivity (Wildman–Crippen MR) is 42.8 cm³/mol. The van der Waals surface area contributed by atoms with Gasteiger partial charge in [0.05, 0.1) is 0 Å². The molecule has 0 aromatic heterocycles. The van der Waals surface area contributed by atoms with Crippen molar-refractivity contribution in [2.45, 2.75) is 6.92 Å². The van der Waals surface area contributed by atoms with E-state index in [1.54, 1.807) is 6.92 Å². The molecule has 0 aliphatic rings. The fourth-order valence-electron chi connectivity index (χ4n) is 0.860. The molecule has 12 heavy (non-hydrogen) atoms. The van der Waals surface area contributed by atoms with Crippen molar-refractivity contribution in [1.82, 2.24) is 0 Å². The molecule has 0 radical (unpaired) electrons. The van der Waals surface area contributed by atoms with Crippen LogP contribution in [0.3, 0.4) is 0 Å². The summed E-state index contributed by atoms with van der Waals surface area (Å²) in [5.74, 6) is -0.537. The molecule has 0 fully saturated rings. The van der Waals surface area contributed by atoms with E-state index in [0.29, 0.717) is 5.56 Å². The number of hydrogen-bond acceptors (Lipinski definition) is 1.